The summed E-state index contributed by atoms with van der Waals surface area (Å²) in [5.41, 5.74) is 6.07. The van der Waals surface area contributed by atoms with Gasteiger partial charge in [0.05, 0.1) is 19.6 Å². The summed E-state index contributed by atoms with van der Waals surface area (Å²) in [5, 5.41) is 1.20. The minimum absolute atomic E-state index is 0.148. The first kappa shape index (κ1) is 17.9. The van der Waals surface area contributed by atoms with Crippen molar-refractivity contribution < 1.29 is 13.2 Å². The Morgan fingerprint density at radius 2 is 1.80 bits per heavy atom. The summed E-state index contributed by atoms with van der Waals surface area (Å²) in [6.07, 6.45) is 1.11. The van der Waals surface area contributed by atoms with E-state index < -0.39 is 15.7 Å². The number of sulfone groups is 1. The highest BCUT2D eigenvalue weighted by Gasteiger charge is 2.12. The highest BCUT2D eigenvalue weighted by Crippen LogP contribution is 2.34. The maximum Gasteiger partial charge on any atom is 0.269 e. The first-order chi connectivity index (χ1) is 11.8. The molecule has 10 heteroatoms. The number of thiazole rings is 1. The number of carbonyl (C=O) groups is 1. The molecule has 0 unspecified atom stereocenters. The van der Waals surface area contributed by atoms with Crippen LogP contribution >= 0.6 is 34.5 Å². The summed E-state index contributed by atoms with van der Waals surface area (Å²) in [6.45, 7) is 0. The fraction of sp³-hybridized carbons (Fsp3) is 0.0667. The molecule has 2 N–H and O–H groups in total. The van der Waals surface area contributed by atoms with Gasteiger partial charge in [-0.2, -0.15) is 0 Å². The molecule has 0 spiro atoms. The fourth-order valence-corrected chi connectivity index (χ4v) is 3.90. The van der Waals surface area contributed by atoms with Gasteiger partial charge in [0.15, 0.2) is 9.84 Å². The number of rotatable bonds is 4. The van der Waals surface area contributed by atoms with Crippen LogP contribution in [0.5, 0.6) is 0 Å². The van der Waals surface area contributed by atoms with Crippen LogP contribution in [0.3, 0.4) is 0 Å². The summed E-state index contributed by atoms with van der Waals surface area (Å²) >= 11 is 13.4. The highest BCUT2D eigenvalue weighted by atomic mass is 35.5. The number of fused-ring (bicyclic) bond motifs is 1. The number of benzene rings is 2. The molecule has 1 amide bonds. The SMILES string of the molecule is CS(=O)(=O)c1ccc(C(=O)NNc2nc3c(Cl)c(Cl)ccc3s2)cc1. The number of carbonyl (C=O) groups excluding carboxylic acids is 1. The second-order valence-corrected chi connectivity index (χ2v) is 8.93. The van der Waals surface area contributed by atoms with Crippen molar-refractivity contribution in [3.05, 3.63) is 52.0 Å². The molecular formula is C15H11Cl2N3O3S2. The van der Waals surface area contributed by atoms with Gasteiger partial charge in [-0.3, -0.25) is 15.6 Å². The van der Waals surface area contributed by atoms with Crippen LogP contribution in [0.2, 0.25) is 10.0 Å². The quantitative estimate of drug-likeness (QED) is 0.633. The Balaban J connectivity index is 1.73. The van der Waals surface area contributed by atoms with Crippen LogP contribution in [-0.2, 0) is 9.84 Å². The Morgan fingerprint density at radius 3 is 2.44 bits per heavy atom. The van der Waals surface area contributed by atoms with E-state index in [0.29, 0.717) is 26.3 Å². The van der Waals surface area contributed by atoms with Crippen molar-refractivity contribution in [3.63, 3.8) is 0 Å². The number of hydrazine groups is 1. The second-order valence-electron chi connectivity index (χ2n) is 5.10. The monoisotopic (exact) mass is 415 g/mol. The van der Waals surface area contributed by atoms with Gasteiger partial charge in [-0.05, 0) is 36.4 Å². The molecule has 0 radical (unpaired) electrons. The molecule has 0 aliphatic carbocycles. The molecule has 0 saturated heterocycles. The van der Waals surface area contributed by atoms with Gasteiger partial charge in [0, 0.05) is 11.8 Å². The topological polar surface area (TPSA) is 88.2 Å². The number of nitrogens with one attached hydrogen (secondary N) is 2. The van der Waals surface area contributed by atoms with Crippen molar-refractivity contribution in [2.24, 2.45) is 0 Å². The maximum atomic E-state index is 12.1. The van der Waals surface area contributed by atoms with Crippen LogP contribution in [0.15, 0.2) is 41.3 Å². The highest BCUT2D eigenvalue weighted by molar-refractivity contribution is 7.90. The van der Waals surface area contributed by atoms with E-state index >= 15 is 0 Å². The summed E-state index contributed by atoms with van der Waals surface area (Å²) in [6, 6.07) is 9.09. The second kappa shape index (κ2) is 6.80. The molecule has 0 aliphatic rings. The molecule has 25 heavy (non-hydrogen) atoms. The molecule has 0 atom stereocenters. The van der Waals surface area contributed by atoms with Crippen molar-refractivity contribution in [1.82, 2.24) is 10.4 Å². The van der Waals surface area contributed by atoms with E-state index in [1.54, 1.807) is 12.1 Å². The van der Waals surface area contributed by atoms with E-state index in [9.17, 15) is 13.2 Å². The van der Waals surface area contributed by atoms with Gasteiger partial charge < -0.3 is 0 Å². The van der Waals surface area contributed by atoms with Gasteiger partial charge in [-0.25, -0.2) is 13.4 Å². The van der Waals surface area contributed by atoms with Crippen molar-refractivity contribution in [1.29, 1.82) is 0 Å². The van der Waals surface area contributed by atoms with Gasteiger partial charge in [0.1, 0.15) is 5.52 Å². The molecule has 0 aliphatic heterocycles. The van der Waals surface area contributed by atoms with Crippen LogP contribution in [-0.4, -0.2) is 25.6 Å². The Kier molecular flexibility index (Phi) is 4.88. The molecule has 0 fully saturated rings. The van der Waals surface area contributed by atoms with Crippen molar-refractivity contribution in [2.75, 3.05) is 11.7 Å². The Morgan fingerprint density at radius 1 is 1.12 bits per heavy atom. The summed E-state index contributed by atoms with van der Waals surface area (Å²) in [5.74, 6) is -0.427. The Labute approximate surface area is 157 Å². The average Bonchev–Trinajstić information content (AvgIpc) is 2.99. The van der Waals surface area contributed by atoms with Gasteiger partial charge in [0.25, 0.3) is 5.91 Å². The fourth-order valence-electron chi connectivity index (χ4n) is 2.03. The number of amides is 1. The first-order valence-electron chi connectivity index (χ1n) is 6.87. The molecule has 130 valence electrons. The van der Waals surface area contributed by atoms with E-state index in [-0.39, 0.29) is 4.90 Å². The van der Waals surface area contributed by atoms with Crippen molar-refractivity contribution >= 4 is 65.6 Å². The lowest BCUT2D eigenvalue weighted by atomic mass is 10.2. The number of anilines is 1. The van der Waals surface area contributed by atoms with E-state index in [1.807, 2.05) is 0 Å². The van der Waals surface area contributed by atoms with E-state index in [2.05, 4.69) is 15.8 Å². The zero-order valence-electron chi connectivity index (χ0n) is 12.7. The van der Waals surface area contributed by atoms with E-state index in [0.717, 1.165) is 11.0 Å². The van der Waals surface area contributed by atoms with Gasteiger partial charge in [-0.1, -0.05) is 34.5 Å². The molecule has 2 aromatic carbocycles. The van der Waals surface area contributed by atoms with Crippen molar-refractivity contribution in [2.45, 2.75) is 4.90 Å². The Hall–Kier alpha value is -1.87. The third kappa shape index (κ3) is 3.87. The van der Waals surface area contributed by atoms with Gasteiger partial charge >= 0.3 is 0 Å². The first-order valence-corrected chi connectivity index (χ1v) is 10.3. The lowest BCUT2D eigenvalue weighted by molar-refractivity contribution is 0.0962. The van der Waals surface area contributed by atoms with Crippen LogP contribution in [0.4, 0.5) is 5.13 Å². The van der Waals surface area contributed by atoms with Gasteiger partial charge in [0.2, 0.25) is 5.13 Å². The predicted molar refractivity (Wildman–Crippen MR) is 100 cm³/mol. The molecule has 1 heterocycles. The largest absolute Gasteiger partial charge is 0.273 e. The smallest absolute Gasteiger partial charge is 0.269 e. The van der Waals surface area contributed by atoms with Crippen LogP contribution in [0, 0.1) is 0 Å². The average molecular weight is 416 g/mol. The molecule has 3 rings (SSSR count). The standard InChI is InChI=1S/C15H11Cl2N3O3S2/c1-25(22,23)9-4-2-8(3-5-9)14(21)19-20-15-18-13-11(24-15)7-6-10(16)12(13)17/h2-7H,1H3,(H,18,20)(H,19,21). The summed E-state index contributed by atoms with van der Waals surface area (Å²) in [7, 11) is -3.30. The number of hydrogen-bond acceptors (Lipinski definition) is 6. The minimum atomic E-state index is -3.30. The zero-order chi connectivity index (χ0) is 18.2. The number of hydrogen-bond donors (Lipinski definition) is 2. The van der Waals surface area contributed by atoms with Crippen molar-refractivity contribution in [3.8, 4) is 0 Å². The summed E-state index contributed by atoms with van der Waals surface area (Å²) in [4.78, 5) is 16.6. The van der Waals surface area contributed by atoms with E-state index in [4.69, 9.17) is 23.2 Å². The molecule has 6 nitrogen and oxygen atoms in total. The third-order valence-electron chi connectivity index (χ3n) is 3.28. The van der Waals surface area contributed by atoms with Crippen LogP contribution < -0.4 is 10.9 Å². The third-order valence-corrected chi connectivity index (χ3v) is 6.14. The minimum Gasteiger partial charge on any atom is -0.273 e. The zero-order valence-corrected chi connectivity index (χ0v) is 15.9. The molecule has 3 aromatic rings. The maximum absolute atomic E-state index is 12.1. The van der Waals surface area contributed by atoms with Crippen LogP contribution in [0.25, 0.3) is 10.2 Å². The van der Waals surface area contributed by atoms with Gasteiger partial charge in [-0.15, -0.1) is 0 Å². The predicted octanol–water partition coefficient (Wildman–Crippen LogP) is 3.76. The molecule has 1 aromatic heterocycles. The molecular weight excluding hydrogens is 405 g/mol. The Bertz CT molecular complexity index is 1060. The number of halogens is 2. The van der Waals surface area contributed by atoms with Crippen LogP contribution in [0.1, 0.15) is 10.4 Å². The summed E-state index contributed by atoms with van der Waals surface area (Å²) < 4.78 is 23.7. The lowest BCUT2D eigenvalue weighted by Gasteiger charge is -2.06. The molecule has 0 bridgehead atoms. The number of nitrogens with zero attached hydrogens (tertiary/aromatic N) is 1. The van der Waals surface area contributed by atoms with E-state index in [1.165, 1.54) is 35.6 Å². The number of aromatic nitrogens is 1. The normalized spacial score (nSPS) is 11.5. The molecule has 0 saturated carbocycles. The lowest BCUT2D eigenvalue weighted by Crippen LogP contribution is -2.29.